The van der Waals surface area contributed by atoms with Crippen LogP contribution in [0.4, 0.5) is 14.6 Å². The number of fused-ring (bicyclic) bond motifs is 1. The minimum Gasteiger partial charge on any atom is -0.508 e. The van der Waals surface area contributed by atoms with E-state index in [-0.39, 0.29) is 42.1 Å². The van der Waals surface area contributed by atoms with Crippen molar-refractivity contribution in [1.82, 2.24) is 14.9 Å². The Balaban J connectivity index is 0.000000816. The molecule has 3 aromatic rings. The van der Waals surface area contributed by atoms with E-state index in [0.29, 0.717) is 23.6 Å². The van der Waals surface area contributed by atoms with Crippen LogP contribution >= 0.6 is 0 Å². The monoisotopic (exact) mass is 544 g/mol. The standard InChI is InChI=1S/C25H28F2N4O2.C4H10O.CH4/c1-15(16(2)14-32)12-30(3)18-7-8-31(13-18)25-24(17-5-4-6-19(33)9-17)28-22-10-20(26)21(27)11-23(22)29-25;1-3-4-5-2;/h4-6,9-11,14-16,18,33H,7-8,12-13H2,1-3H3;3-4H2,1-2H3;1H4/t15?,16?,18-;;/m0../s1. The molecule has 214 valence electrons. The van der Waals surface area contributed by atoms with Crippen LogP contribution in [0.5, 0.6) is 5.75 Å². The van der Waals surface area contributed by atoms with Crippen LogP contribution in [0.2, 0.25) is 0 Å². The summed E-state index contributed by atoms with van der Waals surface area (Å²) in [6.45, 7) is 9.19. The first-order chi connectivity index (χ1) is 18.2. The molecule has 0 radical (unpaired) electrons. The molecule has 1 saturated heterocycles. The van der Waals surface area contributed by atoms with Gasteiger partial charge in [-0.3, -0.25) is 0 Å². The molecule has 1 aliphatic rings. The molecule has 1 N–H and O–H groups in total. The molecule has 3 atom stereocenters. The Kier molecular flexibility index (Phi) is 12.2. The third-order valence-electron chi connectivity index (χ3n) is 6.99. The molecule has 0 spiro atoms. The van der Waals surface area contributed by atoms with Crippen LogP contribution in [0, 0.1) is 23.5 Å². The maximum absolute atomic E-state index is 13.9. The van der Waals surface area contributed by atoms with Gasteiger partial charge in [0.2, 0.25) is 0 Å². The Hall–Kier alpha value is -3.17. The van der Waals surface area contributed by atoms with Gasteiger partial charge in [0.25, 0.3) is 0 Å². The molecule has 0 aliphatic carbocycles. The Morgan fingerprint density at radius 3 is 2.41 bits per heavy atom. The molecule has 1 aliphatic heterocycles. The van der Waals surface area contributed by atoms with Crippen molar-refractivity contribution in [3.8, 4) is 17.0 Å². The lowest BCUT2D eigenvalue weighted by Gasteiger charge is -2.29. The fourth-order valence-electron chi connectivity index (χ4n) is 4.51. The van der Waals surface area contributed by atoms with Gasteiger partial charge in [0.1, 0.15) is 17.7 Å². The van der Waals surface area contributed by atoms with Crippen molar-refractivity contribution in [1.29, 1.82) is 0 Å². The van der Waals surface area contributed by atoms with Crippen LogP contribution in [0.3, 0.4) is 0 Å². The number of phenols is 1. The summed E-state index contributed by atoms with van der Waals surface area (Å²) in [4.78, 5) is 24.8. The number of ether oxygens (including phenoxy) is 1. The first kappa shape index (κ1) is 32.0. The predicted octanol–water partition coefficient (Wildman–Crippen LogP) is 5.94. The van der Waals surface area contributed by atoms with Gasteiger partial charge in [0.05, 0.1) is 11.0 Å². The quantitative estimate of drug-likeness (QED) is 0.334. The van der Waals surface area contributed by atoms with Crippen LogP contribution in [-0.4, -0.2) is 72.7 Å². The van der Waals surface area contributed by atoms with E-state index in [9.17, 15) is 18.7 Å². The minimum absolute atomic E-state index is 0. The minimum atomic E-state index is -0.979. The van der Waals surface area contributed by atoms with Gasteiger partial charge in [0, 0.05) is 63.0 Å². The Bertz CT molecular complexity index is 1220. The van der Waals surface area contributed by atoms with Crippen molar-refractivity contribution >= 4 is 23.1 Å². The van der Waals surface area contributed by atoms with Crippen LogP contribution in [0.25, 0.3) is 22.3 Å². The summed E-state index contributed by atoms with van der Waals surface area (Å²) in [5.74, 6) is -1.06. The topological polar surface area (TPSA) is 78.8 Å². The molecule has 1 fully saturated rings. The summed E-state index contributed by atoms with van der Waals surface area (Å²) in [5.41, 5.74) is 1.68. The number of halogens is 2. The lowest BCUT2D eigenvalue weighted by Crippen LogP contribution is -2.38. The Morgan fingerprint density at radius 2 is 1.85 bits per heavy atom. The zero-order valence-electron chi connectivity index (χ0n) is 22.8. The highest BCUT2D eigenvalue weighted by Gasteiger charge is 2.30. The van der Waals surface area contributed by atoms with Gasteiger partial charge >= 0.3 is 0 Å². The summed E-state index contributed by atoms with van der Waals surface area (Å²) in [7, 11) is 3.77. The number of nitrogens with zero attached hydrogens (tertiary/aromatic N) is 4. The Morgan fingerprint density at radius 1 is 1.18 bits per heavy atom. The van der Waals surface area contributed by atoms with Gasteiger partial charge in [0.15, 0.2) is 17.5 Å². The average molecular weight is 545 g/mol. The largest absolute Gasteiger partial charge is 0.508 e. The van der Waals surface area contributed by atoms with Crippen molar-refractivity contribution < 1.29 is 23.4 Å². The molecular formula is C30H42F2N4O3. The molecule has 2 unspecified atom stereocenters. The zero-order valence-corrected chi connectivity index (χ0v) is 22.8. The van der Waals surface area contributed by atoms with Crippen LogP contribution in [0.15, 0.2) is 36.4 Å². The molecule has 7 nitrogen and oxygen atoms in total. The summed E-state index contributed by atoms with van der Waals surface area (Å²) >= 11 is 0. The first-order valence-corrected chi connectivity index (χ1v) is 13.0. The SMILES string of the molecule is C.CC(C=O)C(C)CN(C)[C@H]1CCN(c2nc3cc(F)c(F)cc3nc2-c2cccc(O)c2)C1.CCCOC. The molecule has 1 aromatic heterocycles. The van der Waals surface area contributed by atoms with Crippen LogP contribution in [0.1, 0.15) is 41.0 Å². The van der Waals surface area contributed by atoms with E-state index in [0.717, 1.165) is 51.0 Å². The van der Waals surface area contributed by atoms with Crippen molar-refractivity contribution in [2.75, 3.05) is 45.3 Å². The number of rotatable bonds is 9. The van der Waals surface area contributed by atoms with Gasteiger partial charge in [-0.2, -0.15) is 0 Å². The normalized spacial score (nSPS) is 16.4. The fourth-order valence-corrected chi connectivity index (χ4v) is 4.51. The highest BCUT2D eigenvalue weighted by molar-refractivity contribution is 5.84. The number of likely N-dealkylation sites (N-methyl/N-ethyl adjacent to an activating group) is 1. The van der Waals surface area contributed by atoms with E-state index >= 15 is 0 Å². The lowest BCUT2D eigenvalue weighted by molar-refractivity contribution is -0.112. The second-order valence-electron chi connectivity index (χ2n) is 9.99. The number of carbonyl (C=O) groups excluding carboxylic acids is 1. The number of aromatic nitrogens is 2. The van der Waals surface area contributed by atoms with E-state index in [4.69, 9.17) is 4.74 Å². The van der Waals surface area contributed by atoms with Gasteiger partial charge in [-0.1, -0.05) is 40.3 Å². The molecule has 2 heterocycles. The van der Waals surface area contributed by atoms with Gasteiger partial charge in [-0.15, -0.1) is 0 Å². The van der Waals surface area contributed by atoms with E-state index in [1.165, 1.54) is 0 Å². The lowest BCUT2D eigenvalue weighted by atomic mass is 9.96. The summed E-state index contributed by atoms with van der Waals surface area (Å²) in [6.07, 6.45) is 3.01. The smallest absolute Gasteiger partial charge is 0.161 e. The van der Waals surface area contributed by atoms with Crippen LogP contribution in [-0.2, 0) is 9.53 Å². The number of carbonyl (C=O) groups is 1. The van der Waals surface area contributed by atoms with E-state index in [1.54, 1.807) is 31.4 Å². The van der Waals surface area contributed by atoms with E-state index < -0.39 is 11.6 Å². The number of benzene rings is 2. The van der Waals surface area contributed by atoms with Gasteiger partial charge < -0.3 is 24.4 Å². The number of aromatic hydroxyl groups is 1. The number of phenolic OH excluding ortho intramolecular Hbond substituents is 1. The zero-order chi connectivity index (χ0) is 27.8. The molecule has 9 heteroatoms. The molecular weight excluding hydrogens is 502 g/mol. The summed E-state index contributed by atoms with van der Waals surface area (Å²) < 4.78 is 32.4. The predicted molar refractivity (Wildman–Crippen MR) is 153 cm³/mol. The van der Waals surface area contributed by atoms with Crippen LogP contribution < -0.4 is 4.90 Å². The van der Waals surface area contributed by atoms with Gasteiger partial charge in [-0.25, -0.2) is 18.7 Å². The maximum atomic E-state index is 13.9. The van der Waals surface area contributed by atoms with E-state index in [1.807, 2.05) is 6.92 Å². The number of anilines is 1. The fraction of sp³-hybridized carbons (Fsp3) is 0.500. The second kappa shape index (κ2) is 14.8. The average Bonchev–Trinajstić information content (AvgIpc) is 3.39. The van der Waals surface area contributed by atoms with Crippen molar-refractivity contribution in [3.63, 3.8) is 0 Å². The number of hydrogen-bond acceptors (Lipinski definition) is 7. The molecule has 0 saturated carbocycles. The number of hydrogen-bond donors (Lipinski definition) is 1. The van der Waals surface area contributed by atoms with Crippen molar-refractivity contribution in [2.45, 2.75) is 47.1 Å². The number of aldehydes is 1. The third kappa shape index (κ3) is 8.16. The second-order valence-corrected chi connectivity index (χ2v) is 9.99. The molecule has 4 rings (SSSR count). The molecule has 39 heavy (non-hydrogen) atoms. The summed E-state index contributed by atoms with van der Waals surface area (Å²) in [6, 6.07) is 9.03. The molecule has 0 amide bonds. The van der Waals surface area contributed by atoms with Gasteiger partial charge in [-0.05, 0) is 37.9 Å². The highest BCUT2D eigenvalue weighted by Crippen LogP contribution is 2.34. The van der Waals surface area contributed by atoms with Crippen molar-refractivity contribution in [2.24, 2.45) is 11.8 Å². The first-order valence-electron chi connectivity index (χ1n) is 13.0. The number of methoxy groups -OCH3 is 1. The van der Waals surface area contributed by atoms with Crippen molar-refractivity contribution in [3.05, 3.63) is 48.0 Å². The molecule has 2 aromatic carbocycles. The molecule has 0 bridgehead atoms. The summed E-state index contributed by atoms with van der Waals surface area (Å²) in [5, 5.41) is 9.99. The Labute approximate surface area is 230 Å². The van der Waals surface area contributed by atoms with E-state index in [2.05, 4.69) is 40.7 Å². The maximum Gasteiger partial charge on any atom is 0.161 e. The third-order valence-corrected chi connectivity index (χ3v) is 6.99. The highest BCUT2D eigenvalue weighted by atomic mass is 19.2.